The molecule has 0 saturated heterocycles. The van der Waals surface area contributed by atoms with Crippen molar-refractivity contribution in [1.29, 1.82) is 0 Å². The van der Waals surface area contributed by atoms with Crippen molar-refractivity contribution >= 4 is 17.2 Å². The van der Waals surface area contributed by atoms with E-state index in [2.05, 4.69) is 29.5 Å². The molecule has 0 atom stereocenters. The molecule has 6 heteroatoms. The smallest absolute Gasteiger partial charge is 0.269 e. The van der Waals surface area contributed by atoms with Gasteiger partial charge in [0.2, 0.25) is 0 Å². The van der Waals surface area contributed by atoms with Gasteiger partial charge in [-0.15, -0.1) is 11.3 Å². The van der Waals surface area contributed by atoms with Gasteiger partial charge in [-0.3, -0.25) is 9.48 Å². The molecular weight excluding hydrogens is 308 g/mol. The summed E-state index contributed by atoms with van der Waals surface area (Å²) in [6.07, 6.45) is 2.34. The molecule has 0 aliphatic carbocycles. The van der Waals surface area contributed by atoms with Gasteiger partial charge in [0, 0.05) is 36.7 Å². The zero-order chi connectivity index (χ0) is 16.2. The van der Waals surface area contributed by atoms with E-state index < -0.39 is 0 Å². The number of aromatic nitrogens is 3. The molecule has 0 spiro atoms. The largest absolute Gasteiger partial charge is 0.350 e. The minimum Gasteiger partial charge on any atom is -0.350 e. The quantitative estimate of drug-likeness (QED) is 0.784. The first kappa shape index (κ1) is 15.4. The van der Waals surface area contributed by atoms with Gasteiger partial charge in [-0.25, -0.2) is 4.98 Å². The number of nitrogens with one attached hydrogen (secondary N) is 1. The molecule has 2 heterocycles. The van der Waals surface area contributed by atoms with Crippen LogP contribution in [0.25, 0.3) is 11.3 Å². The van der Waals surface area contributed by atoms with E-state index in [0.29, 0.717) is 12.2 Å². The molecule has 3 rings (SSSR count). The third kappa shape index (κ3) is 3.48. The Hall–Kier alpha value is -2.47. The maximum atomic E-state index is 12.0. The van der Waals surface area contributed by atoms with Crippen molar-refractivity contribution < 1.29 is 4.79 Å². The molecule has 0 unspecified atom stereocenters. The van der Waals surface area contributed by atoms with Gasteiger partial charge in [-0.1, -0.05) is 30.3 Å². The number of thiazole rings is 1. The molecule has 23 heavy (non-hydrogen) atoms. The molecule has 1 N–H and O–H groups in total. The van der Waals surface area contributed by atoms with Gasteiger partial charge < -0.3 is 5.32 Å². The molecule has 0 aliphatic heterocycles. The number of nitrogens with zero attached hydrogens (tertiary/aromatic N) is 3. The van der Waals surface area contributed by atoms with Crippen LogP contribution in [-0.2, 0) is 13.5 Å². The molecule has 3 aromatic rings. The summed E-state index contributed by atoms with van der Waals surface area (Å²) in [6.45, 7) is 2.64. The third-order valence-corrected chi connectivity index (χ3v) is 4.60. The summed E-state index contributed by atoms with van der Waals surface area (Å²) >= 11 is 1.68. The van der Waals surface area contributed by atoms with E-state index >= 15 is 0 Å². The molecule has 118 valence electrons. The molecular formula is C17H18N4OS. The molecule has 0 saturated carbocycles. The first-order valence-corrected chi connectivity index (χ1v) is 8.24. The first-order chi connectivity index (χ1) is 11.1. The van der Waals surface area contributed by atoms with Crippen LogP contribution >= 0.6 is 11.3 Å². The monoisotopic (exact) mass is 326 g/mol. The minimum atomic E-state index is -0.110. The molecule has 1 amide bonds. The maximum absolute atomic E-state index is 12.0. The Morgan fingerprint density at radius 2 is 2.04 bits per heavy atom. The van der Waals surface area contributed by atoms with Crippen LogP contribution in [0.3, 0.4) is 0 Å². The second-order valence-electron chi connectivity index (χ2n) is 5.22. The van der Waals surface area contributed by atoms with Crippen molar-refractivity contribution in [1.82, 2.24) is 20.1 Å². The normalized spacial score (nSPS) is 10.7. The summed E-state index contributed by atoms with van der Waals surface area (Å²) in [6, 6.07) is 11.9. The third-order valence-electron chi connectivity index (χ3n) is 3.57. The summed E-state index contributed by atoms with van der Waals surface area (Å²) in [5, 5.41) is 7.94. The maximum Gasteiger partial charge on any atom is 0.269 e. The van der Waals surface area contributed by atoms with Crippen molar-refractivity contribution in [2.24, 2.45) is 7.05 Å². The predicted molar refractivity (Wildman–Crippen MR) is 91.5 cm³/mol. The van der Waals surface area contributed by atoms with Gasteiger partial charge in [0.1, 0.15) is 5.69 Å². The highest BCUT2D eigenvalue weighted by atomic mass is 32.1. The van der Waals surface area contributed by atoms with Crippen molar-refractivity contribution in [2.75, 3.05) is 6.54 Å². The van der Waals surface area contributed by atoms with Crippen LogP contribution in [-0.4, -0.2) is 27.2 Å². The summed E-state index contributed by atoms with van der Waals surface area (Å²) in [5.41, 5.74) is 2.72. The topological polar surface area (TPSA) is 59.8 Å². The number of carbonyl (C=O) groups is 1. The van der Waals surface area contributed by atoms with Crippen LogP contribution in [0, 0.1) is 6.92 Å². The SMILES string of the molecule is Cc1sc(CCNC(=O)c2ccnn2C)nc1-c1ccccc1. The van der Waals surface area contributed by atoms with Crippen molar-refractivity contribution in [3.8, 4) is 11.3 Å². The van der Waals surface area contributed by atoms with Crippen molar-refractivity contribution in [2.45, 2.75) is 13.3 Å². The molecule has 0 fully saturated rings. The Bertz CT molecular complexity index is 807. The summed E-state index contributed by atoms with van der Waals surface area (Å²) < 4.78 is 1.57. The van der Waals surface area contributed by atoms with E-state index in [1.807, 2.05) is 18.2 Å². The van der Waals surface area contributed by atoms with Gasteiger partial charge in [0.05, 0.1) is 10.7 Å². The lowest BCUT2D eigenvalue weighted by atomic mass is 10.1. The number of aryl methyl sites for hydroxylation is 2. The highest BCUT2D eigenvalue weighted by molar-refractivity contribution is 7.12. The average molecular weight is 326 g/mol. The lowest BCUT2D eigenvalue weighted by Crippen LogP contribution is -2.27. The Morgan fingerprint density at radius 1 is 1.26 bits per heavy atom. The van der Waals surface area contributed by atoms with Crippen LogP contribution in [0.5, 0.6) is 0 Å². The zero-order valence-electron chi connectivity index (χ0n) is 13.1. The van der Waals surface area contributed by atoms with E-state index in [9.17, 15) is 4.79 Å². The fourth-order valence-electron chi connectivity index (χ4n) is 2.39. The predicted octanol–water partition coefficient (Wildman–Crippen LogP) is 2.82. The van der Waals surface area contributed by atoms with Crippen LogP contribution in [0.1, 0.15) is 20.4 Å². The lowest BCUT2D eigenvalue weighted by Gasteiger charge is -2.03. The number of benzene rings is 1. The second kappa shape index (κ2) is 6.75. The van der Waals surface area contributed by atoms with Gasteiger partial charge in [0.15, 0.2) is 0 Å². The zero-order valence-corrected chi connectivity index (χ0v) is 13.9. The first-order valence-electron chi connectivity index (χ1n) is 7.43. The van der Waals surface area contributed by atoms with Crippen molar-refractivity contribution in [3.05, 3.63) is 58.2 Å². The molecule has 0 bridgehead atoms. The Labute approximate surface area is 139 Å². The molecule has 5 nitrogen and oxygen atoms in total. The molecule has 2 aromatic heterocycles. The van der Waals surface area contributed by atoms with E-state index in [4.69, 9.17) is 4.98 Å². The highest BCUT2D eigenvalue weighted by Gasteiger charge is 2.11. The van der Waals surface area contributed by atoms with Crippen LogP contribution in [0.4, 0.5) is 0 Å². The number of hydrogen-bond acceptors (Lipinski definition) is 4. The van der Waals surface area contributed by atoms with E-state index in [-0.39, 0.29) is 5.91 Å². The van der Waals surface area contributed by atoms with Crippen LogP contribution < -0.4 is 5.32 Å². The van der Waals surface area contributed by atoms with Crippen LogP contribution in [0.2, 0.25) is 0 Å². The van der Waals surface area contributed by atoms with Gasteiger partial charge in [-0.2, -0.15) is 5.10 Å². The van der Waals surface area contributed by atoms with Crippen molar-refractivity contribution in [3.63, 3.8) is 0 Å². The van der Waals surface area contributed by atoms with E-state index in [1.165, 1.54) is 4.88 Å². The van der Waals surface area contributed by atoms with Gasteiger partial charge in [0.25, 0.3) is 5.91 Å². The highest BCUT2D eigenvalue weighted by Crippen LogP contribution is 2.27. The van der Waals surface area contributed by atoms with E-state index in [1.54, 1.807) is 35.3 Å². The Kier molecular flexibility index (Phi) is 4.52. The fraction of sp³-hybridized carbons (Fsp3) is 0.235. The minimum absolute atomic E-state index is 0.110. The number of hydrogen-bond donors (Lipinski definition) is 1. The number of amides is 1. The standard InChI is InChI=1S/C17H18N4OS/c1-12-16(13-6-4-3-5-7-13)20-15(23-12)9-10-18-17(22)14-8-11-19-21(14)2/h3-8,11H,9-10H2,1-2H3,(H,18,22). The second-order valence-corrected chi connectivity index (χ2v) is 6.51. The van der Waals surface area contributed by atoms with Crippen LogP contribution in [0.15, 0.2) is 42.6 Å². The Morgan fingerprint density at radius 3 is 2.74 bits per heavy atom. The fourth-order valence-corrected chi connectivity index (χ4v) is 3.35. The summed E-state index contributed by atoms with van der Waals surface area (Å²) in [7, 11) is 1.76. The molecule has 0 radical (unpaired) electrons. The number of rotatable bonds is 5. The molecule has 1 aromatic carbocycles. The number of carbonyl (C=O) groups excluding carboxylic acids is 1. The average Bonchev–Trinajstić information content (AvgIpc) is 3.14. The van der Waals surface area contributed by atoms with Gasteiger partial charge in [-0.05, 0) is 13.0 Å². The van der Waals surface area contributed by atoms with E-state index in [0.717, 1.165) is 22.7 Å². The Balaban J connectivity index is 1.61. The molecule has 0 aliphatic rings. The summed E-state index contributed by atoms with van der Waals surface area (Å²) in [5.74, 6) is -0.110. The summed E-state index contributed by atoms with van der Waals surface area (Å²) in [4.78, 5) is 17.9. The van der Waals surface area contributed by atoms with Gasteiger partial charge >= 0.3 is 0 Å². The lowest BCUT2D eigenvalue weighted by molar-refractivity contribution is 0.0944.